The molecular formula is C8H17NO2. The maximum atomic E-state index is 8.56. The smallest absolute Gasteiger partial charge is 0.0805 e. The maximum Gasteiger partial charge on any atom is 0.0805 e. The molecule has 3 N–H and O–H groups in total. The van der Waals surface area contributed by atoms with Crippen molar-refractivity contribution in [2.24, 2.45) is 11.7 Å². The molecule has 0 bridgehead atoms. The fraction of sp³-hybridized carbons (Fsp3) is 1.00. The number of aliphatic hydroxyl groups is 1. The molecule has 1 atom stereocenters. The van der Waals surface area contributed by atoms with Crippen LogP contribution in [-0.4, -0.2) is 30.5 Å². The van der Waals surface area contributed by atoms with Crippen LogP contribution in [0, 0.1) is 5.92 Å². The van der Waals surface area contributed by atoms with Crippen molar-refractivity contribution >= 4 is 0 Å². The van der Waals surface area contributed by atoms with Crippen LogP contribution in [0.1, 0.15) is 19.8 Å². The SMILES string of the molecule is CC(CN)(OCCO)C1CC1. The van der Waals surface area contributed by atoms with Crippen molar-refractivity contribution in [2.45, 2.75) is 25.4 Å². The number of hydrogen-bond donors (Lipinski definition) is 2. The van der Waals surface area contributed by atoms with Crippen LogP contribution < -0.4 is 5.73 Å². The van der Waals surface area contributed by atoms with Gasteiger partial charge in [0.2, 0.25) is 0 Å². The third-order valence-electron chi connectivity index (χ3n) is 2.37. The predicted molar refractivity (Wildman–Crippen MR) is 43.2 cm³/mol. The fourth-order valence-electron chi connectivity index (χ4n) is 1.32. The number of ether oxygens (including phenoxy) is 1. The number of nitrogens with two attached hydrogens (primary N) is 1. The quantitative estimate of drug-likeness (QED) is 0.599. The summed E-state index contributed by atoms with van der Waals surface area (Å²) in [5.41, 5.74) is 5.40. The summed E-state index contributed by atoms with van der Waals surface area (Å²) in [5.74, 6) is 0.624. The zero-order valence-corrected chi connectivity index (χ0v) is 7.05. The molecule has 1 aliphatic rings. The van der Waals surface area contributed by atoms with Gasteiger partial charge in [-0.25, -0.2) is 0 Å². The van der Waals surface area contributed by atoms with E-state index in [0.29, 0.717) is 19.1 Å². The standard InChI is InChI=1S/C8H17NO2/c1-8(6-9,7-2-3-7)11-5-4-10/h7,10H,2-6,9H2,1H3. The molecule has 3 nitrogen and oxygen atoms in total. The second-order valence-electron chi connectivity index (χ2n) is 3.36. The Morgan fingerprint density at radius 3 is 2.64 bits per heavy atom. The van der Waals surface area contributed by atoms with Gasteiger partial charge in [-0.05, 0) is 25.7 Å². The first kappa shape index (κ1) is 8.97. The molecule has 0 aliphatic heterocycles. The van der Waals surface area contributed by atoms with E-state index in [0.717, 1.165) is 0 Å². The van der Waals surface area contributed by atoms with Crippen molar-refractivity contribution in [1.29, 1.82) is 0 Å². The first-order chi connectivity index (χ1) is 5.23. The third-order valence-corrected chi connectivity index (χ3v) is 2.37. The van der Waals surface area contributed by atoms with E-state index < -0.39 is 0 Å². The third kappa shape index (κ3) is 2.15. The van der Waals surface area contributed by atoms with Crippen LogP contribution in [0.3, 0.4) is 0 Å². The molecule has 0 aromatic rings. The minimum atomic E-state index is -0.178. The van der Waals surface area contributed by atoms with Crippen molar-refractivity contribution in [2.75, 3.05) is 19.8 Å². The number of rotatable bonds is 5. The van der Waals surface area contributed by atoms with Gasteiger partial charge in [-0.2, -0.15) is 0 Å². The molecule has 11 heavy (non-hydrogen) atoms. The van der Waals surface area contributed by atoms with E-state index in [-0.39, 0.29) is 12.2 Å². The van der Waals surface area contributed by atoms with Crippen LogP contribution in [0.15, 0.2) is 0 Å². The van der Waals surface area contributed by atoms with Crippen molar-refractivity contribution in [3.8, 4) is 0 Å². The van der Waals surface area contributed by atoms with Crippen LogP contribution in [-0.2, 0) is 4.74 Å². The summed E-state index contributed by atoms with van der Waals surface area (Å²) in [4.78, 5) is 0. The highest BCUT2D eigenvalue weighted by Gasteiger charge is 2.41. The van der Waals surface area contributed by atoms with E-state index in [1.165, 1.54) is 12.8 Å². The minimum Gasteiger partial charge on any atom is -0.394 e. The minimum absolute atomic E-state index is 0.0856. The Bertz CT molecular complexity index is 125. The predicted octanol–water partition coefficient (Wildman–Crippen LogP) is 0.123. The molecule has 0 heterocycles. The summed E-state index contributed by atoms with van der Waals surface area (Å²) >= 11 is 0. The molecule has 3 heteroatoms. The highest BCUT2D eigenvalue weighted by atomic mass is 16.5. The Hall–Kier alpha value is -0.120. The van der Waals surface area contributed by atoms with Gasteiger partial charge in [-0.3, -0.25) is 0 Å². The van der Waals surface area contributed by atoms with Gasteiger partial charge in [-0.1, -0.05) is 0 Å². The Morgan fingerprint density at radius 2 is 2.27 bits per heavy atom. The van der Waals surface area contributed by atoms with E-state index >= 15 is 0 Å². The Morgan fingerprint density at radius 1 is 1.64 bits per heavy atom. The van der Waals surface area contributed by atoms with Gasteiger partial charge >= 0.3 is 0 Å². The Kier molecular flexibility index (Phi) is 2.87. The van der Waals surface area contributed by atoms with Gasteiger partial charge in [0, 0.05) is 6.54 Å². The van der Waals surface area contributed by atoms with Gasteiger partial charge in [0.1, 0.15) is 0 Å². The molecule has 0 aromatic heterocycles. The van der Waals surface area contributed by atoms with Gasteiger partial charge in [-0.15, -0.1) is 0 Å². The Balaban J connectivity index is 2.31. The maximum absolute atomic E-state index is 8.56. The monoisotopic (exact) mass is 159 g/mol. The summed E-state index contributed by atoms with van der Waals surface area (Å²) < 4.78 is 5.48. The average molecular weight is 159 g/mol. The zero-order chi connectivity index (χ0) is 8.32. The van der Waals surface area contributed by atoms with E-state index in [4.69, 9.17) is 15.6 Å². The zero-order valence-electron chi connectivity index (χ0n) is 7.05. The molecule has 0 radical (unpaired) electrons. The van der Waals surface area contributed by atoms with E-state index in [9.17, 15) is 0 Å². The molecule has 0 saturated heterocycles. The first-order valence-corrected chi connectivity index (χ1v) is 4.18. The van der Waals surface area contributed by atoms with E-state index in [1.807, 2.05) is 6.92 Å². The van der Waals surface area contributed by atoms with Crippen LogP contribution >= 0.6 is 0 Å². The summed E-state index contributed by atoms with van der Waals surface area (Å²) in [6.07, 6.45) is 2.44. The average Bonchev–Trinajstić information content (AvgIpc) is 2.82. The normalized spacial score (nSPS) is 23.2. The lowest BCUT2D eigenvalue weighted by Crippen LogP contribution is -2.40. The highest BCUT2D eigenvalue weighted by Crippen LogP contribution is 2.41. The van der Waals surface area contributed by atoms with Crippen LogP contribution in [0.25, 0.3) is 0 Å². The largest absolute Gasteiger partial charge is 0.394 e. The Labute approximate surface area is 67.5 Å². The number of hydrogen-bond acceptors (Lipinski definition) is 3. The molecule has 1 saturated carbocycles. The molecule has 0 spiro atoms. The highest BCUT2D eigenvalue weighted by molar-refractivity contribution is 4.93. The van der Waals surface area contributed by atoms with E-state index in [1.54, 1.807) is 0 Å². The molecular weight excluding hydrogens is 142 g/mol. The lowest BCUT2D eigenvalue weighted by Gasteiger charge is -2.27. The molecule has 1 rings (SSSR count). The summed E-state index contributed by atoms with van der Waals surface area (Å²) in [6, 6.07) is 0. The van der Waals surface area contributed by atoms with Crippen molar-refractivity contribution in [3.05, 3.63) is 0 Å². The van der Waals surface area contributed by atoms with Gasteiger partial charge in [0.05, 0.1) is 18.8 Å². The molecule has 1 aliphatic carbocycles. The van der Waals surface area contributed by atoms with Crippen LogP contribution in [0.5, 0.6) is 0 Å². The van der Waals surface area contributed by atoms with Gasteiger partial charge < -0.3 is 15.6 Å². The summed E-state index contributed by atoms with van der Waals surface area (Å²) in [5, 5.41) is 8.56. The second kappa shape index (κ2) is 3.52. The van der Waals surface area contributed by atoms with Crippen molar-refractivity contribution < 1.29 is 9.84 Å². The number of aliphatic hydroxyl groups excluding tert-OH is 1. The molecule has 1 unspecified atom stereocenters. The van der Waals surface area contributed by atoms with Crippen molar-refractivity contribution in [1.82, 2.24) is 0 Å². The molecule has 1 fully saturated rings. The lowest BCUT2D eigenvalue weighted by molar-refractivity contribution is -0.0540. The van der Waals surface area contributed by atoms with Gasteiger partial charge in [0.25, 0.3) is 0 Å². The summed E-state index contributed by atoms with van der Waals surface area (Å²) in [7, 11) is 0. The van der Waals surface area contributed by atoms with Gasteiger partial charge in [0.15, 0.2) is 0 Å². The van der Waals surface area contributed by atoms with Crippen LogP contribution in [0.4, 0.5) is 0 Å². The lowest BCUT2D eigenvalue weighted by atomic mass is 10.0. The topological polar surface area (TPSA) is 55.5 Å². The molecule has 66 valence electrons. The second-order valence-corrected chi connectivity index (χ2v) is 3.36. The molecule has 0 aromatic carbocycles. The fourth-order valence-corrected chi connectivity index (χ4v) is 1.32. The van der Waals surface area contributed by atoms with E-state index in [2.05, 4.69) is 0 Å². The molecule has 0 amide bonds. The van der Waals surface area contributed by atoms with Crippen LogP contribution in [0.2, 0.25) is 0 Å². The van der Waals surface area contributed by atoms with Crippen molar-refractivity contribution in [3.63, 3.8) is 0 Å². The first-order valence-electron chi connectivity index (χ1n) is 4.18. The summed E-state index contributed by atoms with van der Waals surface area (Å²) in [6.45, 7) is 3.07.